The zero-order valence-corrected chi connectivity index (χ0v) is 8.25. The monoisotopic (exact) mass is 194 g/mol. The Hall–Kier alpha value is -1.04. The highest BCUT2D eigenvalue weighted by atomic mass is 35.5. The predicted molar refractivity (Wildman–Crippen MR) is 54.4 cm³/mol. The van der Waals surface area contributed by atoms with Crippen molar-refractivity contribution in [2.45, 2.75) is 6.54 Å². The van der Waals surface area contributed by atoms with Crippen LogP contribution < -0.4 is 0 Å². The van der Waals surface area contributed by atoms with Crippen molar-refractivity contribution in [3.63, 3.8) is 0 Å². The predicted octanol–water partition coefficient (Wildman–Crippen LogP) is 1.80. The van der Waals surface area contributed by atoms with E-state index in [1.807, 2.05) is 18.0 Å². The molecule has 0 saturated carbocycles. The summed E-state index contributed by atoms with van der Waals surface area (Å²) < 4.78 is 0. The van der Waals surface area contributed by atoms with Gasteiger partial charge in [0, 0.05) is 18.9 Å². The first-order valence-electron chi connectivity index (χ1n) is 3.94. The fraction of sp³-hybridized carbons (Fsp3) is 0.300. The standard InChI is InChI=1S/C10H11ClN2/c1-3-6-13(2)8-9-4-5-12-7-10(9)11/h1,4-5,7H,6,8H2,2H3. The van der Waals surface area contributed by atoms with Crippen LogP contribution in [0.25, 0.3) is 0 Å². The van der Waals surface area contributed by atoms with Crippen molar-refractivity contribution in [3.05, 3.63) is 29.0 Å². The molecule has 0 amide bonds. The van der Waals surface area contributed by atoms with Crippen molar-refractivity contribution in [2.24, 2.45) is 0 Å². The number of nitrogens with zero attached hydrogens (tertiary/aromatic N) is 2. The van der Waals surface area contributed by atoms with Crippen molar-refractivity contribution in [1.82, 2.24) is 9.88 Å². The molecule has 0 unspecified atom stereocenters. The molecule has 0 aliphatic carbocycles. The lowest BCUT2D eigenvalue weighted by atomic mass is 10.2. The third-order valence-electron chi connectivity index (χ3n) is 1.66. The van der Waals surface area contributed by atoms with Crippen molar-refractivity contribution in [1.29, 1.82) is 0 Å². The third kappa shape index (κ3) is 3.06. The molecule has 1 rings (SSSR count). The van der Waals surface area contributed by atoms with Crippen LogP contribution >= 0.6 is 11.6 Å². The Balaban J connectivity index is 2.64. The maximum absolute atomic E-state index is 5.93. The number of terminal acetylenes is 1. The van der Waals surface area contributed by atoms with Crippen molar-refractivity contribution in [2.75, 3.05) is 13.6 Å². The minimum atomic E-state index is 0.624. The average Bonchev–Trinajstić information content (AvgIpc) is 2.09. The first kappa shape index (κ1) is 10.0. The molecule has 0 atom stereocenters. The molecule has 0 saturated heterocycles. The van der Waals surface area contributed by atoms with Gasteiger partial charge in [-0.2, -0.15) is 0 Å². The van der Waals surface area contributed by atoms with Gasteiger partial charge in [-0.3, -0.25) is 9.88 Å². The van der Waals surface area contributed by atoms with Gasteiger partial charge >= 0.3 is 0 Å². The van der Waals surface area contributed by atoms with E-state index in [-0.39, 0.29) is 0 Å². The molecule has 1 aromatic heterocycles. The molecular formula is C10H11ClN2. The van der Waals surface area contributed by atoms with Crippen LogP contribution in [0, 0.1) is 12.3 Å². The van der Waals surface area contributed by atoms with E-state index < -0.39 is 0 Å². The van der Waals surface area contributed by atoms with Gasteiger partial charge in [0.25, 0.3) is 0 Å². The second-order valence-electron chi connectivity index (χ2n) is 2.84. The van der Waals surface area contributed by atoms with Crippen LogP contribution in [-0.2, 0) is 6.54 Å². The van der Waals surface area contributed by atoms with Gasteiger partial charge in [0.1, 0.15) is 0 Å². The van der Waals surface area contributed by atoms with E-state index in [1.165, 1.54) is 0 Å². The second kappa shape index (κ2) is 4.86. The molecule has 2 nitrogen and oxygen atoms in total. The summed E-state index contributed by atoms with van der Waals surface area (Å²) in [6.07, 6.45) is 8.55. The normalized spacial score (nSPS) is 10.0. The second-order valence-corrected chi connectivity index (χ2v) is 3.25. The van der Waals surface area contributed by atoms with Gasteiger partial charge in [-0.05, 0) is 18.7 Å². The molecule has 0 aliphatic rings. The zero-order valence-electron chi connectivity index (χ0n) is 7.50. The van der Waals surface area contributed by atoms with Crippen LogP contribution in [-0.4, -0.2) is 23.5 Å². The lowest BCUT2D eigenvalue weighted by Gasteiger charge is -2.13. The Kier molecular flexibility index (Phi) is 3.75. The molecule has 0 fully saturated rings. The molecule has 68 valence electrons. The lowest BCUT2D eigenvalue weighted by Crippen LogP contribution is -2.17. The van der Waals surface area contributed by atoms with Gasteiger partial charge in [0.15, 0.2) is 0 Å². The average molecular weight is 195 g/mol. The van der Waals surface area contributed by atoms with Crippen LogP contribution in [0.5, 0.6) is 0 Å². The third-order valence-corrected chi connectivity index (χ3v) is 2.00. The summed E-state index contributed by atoms with van der Waals surface area (Å²) >= 11 is 5.93. The summed E-state index contributed by atoms with van der Waals surface area (Å²) in [4.78, 5) is 5.92. The van der Waals surface area contributed by atoms with Crippen LogP contribution in [0.2, 0.25) is 5.02 Å². The van der Waals surface area contributed by atoms with Crippen LogP contribution in [0.4, 0.5) is 0 Å². The number of hydrogen-bond donors (Lipinski definition) is 0. The SMILES string of the molecule is C#CCN(C)Cc1ccncc1Cl. The highest BCUT2D eigenvalue weighted by Crippen LogP contribution is 2.14. The molecule has 13 heavy (non-hydrogen) atoms. The number of halogens is 1. The van der Waals surface area contributed by atoms with E-state index in [0.717, 1.165) is 12.1 Å². The number of aromatic nitrogens is 1. The van der Waals surface area contributed by atoms with Crippen molar-refractivity contribution < 1.29 is 0 Å². The van der Waals surface area contributed by atoms with Crippen molar-refractivity contribution in [3.8, 4) is 12.3 Å². The topological polar surface area (TPSA) is 16.1 Å². The highest BCUT2D eigenvalue weighted by molar-refractivity contribution is 6.31. The van der Waals surface area contributed by atoms with Gasteiger partial charge < -0.3 is 0 Å². The van der Waals surface area contributed by atoms with Gasteiger partial charge in [-0.1, -0.05) is 17.5 Å². The largest absolute Gasteiger partial charge is 0.291 e. The fourth-order valence-electron chi connectivity index (χ4n) is 1.03. The quantitative estimate of drug-likeness (QED) is 0.683. The van der Waals surface area contributed by atoms with E-state index in [4.69, 9.17) is 18.0 Å². The first-order valence-corrected chi connectivity index (χ1v) is 4.32. The van der Waals surface area contributed by atoms with Gasteiger partial charge in [-0.25, -0.2) is 0 Å². The van der Waals surface area contributed by atoms with E-state index in [9.17, 15) is 0 Å². The summed E-state index contributed by atoms with van der Waals surface area (Å²) in [5.74, 6) is 2.57. The smallest absolute Gasteiger partial charge is 0.0634 e. The summed E-state index contributed by atoms with van der Waals surface area (Å²) in [5, 5.41) is 0.686. The van der Waals surface area contributed by atoms with Gasteiger partial charge in [0.05, 0.1) is 11.6 Å². The number of rotatable bonds is 3. The molecule has 0 bridgehead atoms. The Morgan fingerprint density at radius 2 is 2.46 bits per heavy atom. The molecule has 1 heterocycles. The zero-order chi connectivity index (χ0) is 9.68. The molecule has 0 spiro atoms. The number of hydrogen-bond acceptors (Lipinski definition) is 2. The van der Waals surface area contributed by atoms with E-state index in [2.05, 4.69) is 10.9 Å². The van der Waals surface area contributed by atoms with Gasteiger partial charge in [0.2, 0.25) is 0 Å². The summed E-state index contributed by atoms with van der Waals surface area (Å²) in [6.45, 7) is 1.38. The minimum Gasteiger partial charge on any atom is -0.291 e. The Labute approximate surface area is 83.5 Å². The highest BCUT2D eigenvalue weighted by Gasteiger charge is 2.02. The Morgan fingerprint density at radius 1 is 1.69 bits per heavy atom. The molecule has 0 aliphatic heterocycles. The maximum Gasteiger partial charge on any atom is 0.0634 e. The fourth-order valence-corrected chi connectivity index (χ4v) is 1.21. The summed E-state index contributed by atoms with van der Waals surface area (Å²) in [6, 6.07) is 1.90. The molecule has 3 heteroatoms. The van der Waals surface area contributed by atoms with Crippen molar-refractivity contribution >= 4 is 11.6 Å². The Bertz CT molecular complexity index is 317. The molecule has 0 aromatic carbocycles. The van der Waals surface area contributed by atoms with Crippen LogP contribution in [0.3, 0.4) is 0 Å². The molecule has 1 aromatic rings. The van der Waals surface area contributed by atoms with Crippen LogP contribution in [0.1, 0.15) is 5.56 Å². The van der Waals surface area contributed by atoms with Gasteiger partial charge in [-0.15, -0.1) is 6.42 Å². The maximum atomic E-state index is 5.93. The minimum absolute atomic E-state index is 0.624. The lowest BCUT2D eigenvalue weighted by molar-refractivity contribution is 0.369. The molecule has 0 radical (unpaired) electrons. The first-order chi connectivity index (χ1) is 6.24. The summed E-state index contributed by atoms with van der Waals surface area (Å²) in [7, 11) is 1.95. The number of pyridine rings is 1. The van der Waals surface area contributed by atoms with Crippen LogP contribution in [0.15, 0.2) is 18.5 Å². The summed E-state index contributed by atoms with van der Waals surface area (Å²) in [5.41, 5.74) is 1.05. The Morgan fingerprint density at radius 3 is 3.08 bits per heavy atom. The molecular weight excluding hydrogens is 184 g/mol. The van der Waals surface area contributed by atoms with E-state index >= 15 is 0 Å². The van der Waals surface area contributed by atoms with E-state index in [1.54, 1.807) is 12.4 Å². The molecule has 0 N–H and O–H groups in total. The van der Waals surface area contributed by atoms with E-state index in [0.29, 0.717) is 11.6 Å².